The van der Waals surface area contributed by atoms with E-state index in [1.807, 2.05) is 0 Å². The summed E-state index contributed by atoms with van der Waals surface area (Å²) >= 11 is 0. The average Bonchev–Trinajstić information content (AvgIpc) is 2.87. The molecule has 19 heavy (non-hydrogen) atoms. The lowest BCUT2D eigenvalue weighted by atomic mass is 9.94. The van der Waals surface area contributed by atoms with E-state index >= 15 is 0 Å². The van der Waals surface area contributed by atoms with Gasteiger partial charge in [0, 0.05) is 25.0 Å². The fraction of sp³-hybridized carbons (Fsp3) is 0.600. The molecule has 0 aromatic heterocycles. The molecule has 1 aliphatic carbocycles. The van der Waals surface area contributed by atoms with Crippen LogP contribution in [0, 0.1) is 11.8 Å². The minimum atomic E-state index is 0. The predicted octanol–water partition coefficient (Wildman–Crippen LogP) is 3.13. The Bertz CT molecular complexity index is 409. The van der Waals surface area contributed by atoms with E-state index in [4.69, 9.17) is 0 Å². The standard InChI is InChI=1S/C15H22N2.2ClH/c1-10(2)7-17-15-12-6-4-3-5-11(12)13-8-16-9-14(13)15;;/h3-6,10,13-17H,7-9H2,1-2H3;2*1H/t13-,14-,15?;;/m0../s1. The lowest BCUT2D eigenvalue weighted by Crippen LogP contribution is -2.30. The molecule has 0 radical (unpaired) electrons. The van der Waals surface area contributed by atoms with E-state index in [0.717, 1.165) is 37.4 Å². The number of rotatable bonds is 3. The molecule has 4 heteroatoms. The number of hydrogen-bond donors (Lipinski definition) is 2. The molecule has 1 unspecified atom stereocenters. The van der Waals surface area contributed by atoms with Gasteiger partial charge >= 0.3 is 0 Å². The monoisotopic (exact) mass is 302 g/mol. The van der Waals surface area contributed by atoms with E-state index < -0.39 is 0 Å². The summed E-state index contributed by atoms with van der Waals surface area (Å²) in [6.45, 7) is 7.98. The van der Waals surface area contributed by atoms with Gasteiger partial charge in [-0.3, -0.25) is 0 Å². The molecule has 0 bridgehead atoms. The van der Waals surface area contributed by atoms with Gasteiger partial charge in [0.25, 0.3) is 0 Å². The smallest absolute Gasteiger partial charge is 0.0370 e. The summed E-state index contributed by atoms with van der Waals surface area (Å²) in [5.74, 6) is 2.21. The van der Waals surface area contributed by atoms with E-state index in [-0.39, 0.29) is 24.8 Å². The van der Waals surface area contributed by atoms with E-state index in [0.29, 0.717) is 6.04 Å². The second kappa shape index (κ2) is 6.94. The molecule has 1 saturated heterocycles. The Balaban J connectivity index is 0.000000902. The second-order valence-electron chi connectivity index (χ2n) is 5.84. The van der Waals surface area contributed by atoms with Gasteiger partial charge in [-0.15, -0.1) is 24.8 Å². The van der Waals surface area contributed by atoms with Crippen LogP contribution in [0.4, 0.5) is 0 Å². The van der Waals surface area contributed by atoms with Crippen molar-refractivity contribution in [3.63, 3.8) is 0 Å². The van der Waals surface area contributed by atoms with Gasteiger partial charge in [-0.25, -0.2) is 0 Å². The maximum Gasteiger partial charge on any atom is 0.0370 e. The third-order valence-electron chi connectivity index (χ3n) is 4.17. The van der Waals surface area contributed by atoms with Gasteiger partial charge in [-0.1, -0.05) is 38.1 Å². The first kappa shape index (κ1) is 16.8. The molecule has 2 nitrogen and oxygen atoms in total. The summed E-state index contributed by atoms with van der Waals surface area (Å²) in [5.41, 5.74) is 3.12. The van der Waals surface area contributed by atoms with Crippen LogP contribution in [-0.4, -0.2) is 19.6 Å². The normalized spacial score (nSPS) is 27.4. The number of hydrogen-bond acceptors (Lipinski definition) is 2. The lowest BCUT2D eigenvalue weighted by molar-refractivity contribution is 0.372. The summed E-state index contributed by atoms with van der Waals surface area (Å²) in [4.78, 5) is 0. The molecule has 1 aliphatic heterocycles. The Kier molecular flexibility index (Phi) is 6.13. The minimum Gasteiger partial charge on any atom is -0.316 e. The molecule has 1 fully saturated rings. The highest BCUT2D eigenvalue weighted by molar-refractivity contribution is 5.85. The molecular weight excluding hydrogens is 279 g/mol. The van der Waals surface area contributed by atoms with Crippen LogP contribution in [0.1, 0.15) is 36.9 Å². The maximum absolute atomic E-state index is 3.77. The zero-order valence-corrected chi connectivity index (χ0v) is 13.2. The highest BCUT2D eigenvalue weighted by atomic mass is 35.5. The zero-order valence-electron chi connectivity index (χ0n) is 11.6. The van der Waals surface area contributed by atoms with Crippen LogP contribution in [0.5, 0.6) is 0 Å². The first-order chi connectivity index (χ1) is 8.27. The van der Waals surface area contributed by atoms with Crippen molar-refractivity contribution in [1.29, 1.82) is 0 Å². The van der Waals surface area contributed by atoms with Gasteiger partial charge in [-0.05, 0) is 29.5 Å². The van der Waals surface area contributed by atoms with E-state index in [2.05, 4.69) is 48.7 Å². The number of fused-ring (bicyclic) bond motifs is 3. The van der Waals surface area contributed by atoms with Crippen LogP contribution in [0.25, 0.3) is 0 Å². The van der Waals surface area contributed by atoms with Crippen LogP contribution in [0.15, 0.2) is 24.3 Å². The summed E-state index contributed by atoms with van der Waals surface area (Å²) in [6.07, 6.45) is 0. The molecule has 0 spiro atoms. The van der Waals surface area contributed by atoms with Crippen LogP contribution in [0.2, 0.25) is 0 Å². The van der Waals surface area contributed by atoms with Crippen molar-refractivity contribution in [2.75, 3.05) is 19.6 Å². The van der Waals surface area contributed by atoms with Gasteiger partial charge in [0.15, 0.2) is 0 Å². The number of halogens is 2. The van der Waals surface area contributed by atoms with E-state index in [9.17, 15) is 0 Å². The molecule has 2 N–H and O–H groups in total. The van der Waals surface area contributed by atoms with Gasteiger partial charge in [0.05, 0.1) is 0 Å². The predicted molar refractivity (Wildman–Crippen MR) is 85.6 cm³/mol. The third kappa shape index (κ3) is 3.08. The summed E-state index contributed by atoms with van der Waals surface area (Å²) in [7, 11) is 0. The van der Waals surface area contributed by atoms with Crippen molar-refractivity contribution in [3.8, 4) is 0 Å². The van der Waals surface area contributed by atoms with Crippen molar-refractivity contribution >= 4 is 24.8 Å². The molecule has 1 heterocycles. The fourth-order valence-corrected chi connectivity index (χ4v) is 3.38. The quantitative estimate of drug-likeness (QED) is 0.896. The molecule has 0 amide bonds. The number of benzene rings is 1. The Morgan fingerprint density at radius 2 is 1.84 bits per heavy atom. The summed E-state index contributed by atoms with van der Waals surface area (Å²) in [6, 6.07) is 9.55. The van der Waals surface area contributed by atoms with Crippen molar-refractivity contribution in [1.82, 2.24) is 10.6 Å². The van der Waals surface area contributed by atoms with Crippen molar-refractivity contribution < 1.29 is 0 Å². The second-order valence-corrected chi connectivity index (χ2v) is 5.84. The highest BCUT2D eigenvalue weighted by Crippen LogP contribution is 2.46. The maximum atomic E-state index is 3.77. The molecular formula is C15H24Cl2N2. The highest BCUT2D eigenvalue weighted by Gasteiger charge is 2.42. The molecule has 3 rings (SSSR count). The van der Waals surface area contributed by atoms with Gasteiger partial charge < -0.3 is 10.6 Å². The molecule has 108 valence electrons. The molecule has 2 aliphatic rings. The first-order valence-electron chi connectivity index (χ1n) is 6.80. The van der Waals surface area contributed by atoms with E-state index in [1.165, 1.54) is 0 Å². The third-order valence-corrected chi connectivity index (χ3v) is 4.17. The first-order valence-corrected chi connectivity index (χ1v) is 6.80. The van der Waals surface area contributed by atoms with Crippen LogP contribution < -0.4 is 10.6 Å². The van der Waals surface area contributed by atoms with E-state index in [1.54, 1.807) is 11.1 Å². The van der Waals surface area contributed by atoms with Gasteiger partial charge in [-0.2, -0.15) is 0 Å². The Hall–Kier alpha value is -0.280. The average molecular weight is 303 g/mol. The van der Waals surface area contributed by atoms with Crippen molar-refractivity contribution in [2.24, 2.45) is 11.8 Å². The van der Waals surface area contributed by atoms with Crippen LogP contribution in [0.3, 0.4) is 0 Å². The Morgan fingerprint density at radius 1 is 1.16 bits per heavy atom. The summed E-state index contributed by atoms with van der Waals surface area (Å²) in [5, 5.41) is 7.31. The Morgan fingerprint density at radius 3 is 2.53 bits per heavy atom. The lowest BCUT2D eigenvalue weighted by Gasteiger charge is -2.21. The molecule has 0 saturated carbocycles. The fourth-order valence-electron chi connectivity index (χ4n) is 3.38. The van der Waals surface area contributed by atoms with Gasteiger partial charge in [0.1, 0.15) is 0 Å². The molecule has 3 atom stereocenters. The van der Waals surface area contributed by atoms with Gasteiger partial charge in [0.2, 0.25) is 0 Å². The topological polar surface area (TPSA) is 24.1 Å². The van der Waals surface area contributed by atoms with Crippen LogP contribution in [-0.2, 0) is 0 Å². The summed E-state index contributed by atoms with van der Waals surface area (Å²) < 4.78 is 0. The van der Waals surface area contributed by atoms with Crippen molar-refractivity contribution in [3.05, 3.63) is 35.4 Å². The minimum absolute atomic E-state index is 0. The largest absolute Gasteiger partial charge is 0.316 e. The molecule has 1 aromatic carbocycles. The van der Waals surface area contributed by atoms with Crippen LogP contribution >= 0.6 is 24.8 Å². The van der Waals surface area contributed by atoms with Crippen molar-refractivity contribution in [2.45, 2.75) is 25.8 Å². The molecule has 1 aromatic rings. The zero-order chi connectivity index (χ0) is 11.8. The SMILES string of the molecule is CC(C)CNC1c2ccccc2[C@@H]2CNC[C@H]12.Cl.Cl. The Labute approximate surface area is 128 Å². The number of nitrogens with one attached hydrogen (secondary N) is 2.